The van der Waals surface area contributed by atoms with Gasteiger partial charge in [0.1, 0.15) is 5.75 Å². The Morgan fingerprint density at radius 2 is 2.12 bits per heavy atom. The molecular weight excluding hydrogens is 214 g/mol. The van der Waals surface area contributed by atoms with E-state index in [2.05, 4.69) is 6.92 Å². The van der Waals surface area contributed by atoms with Crippen molar-refractivity contribution in [3.63, 3.8) is 0 Å². The highest BCUT2D eigenvalue weighted by atomic mass is 16.5. The number of nitrogens with two attached hydrogens (primary N) is 1. The van der Waals surface area contributed by atoms with Crippen LogP contribution in [0.5, 0.6) is 5.75 Å². The third kappa shape index (κ3) is 4.36. The average molecular weight is 237 g/mol. The molecule has 0 aliphatic rings. The molecule has 17 heavy (non-hydrogen) atoms. The second-order valence-electron chi connectivity index (χ2n) is 4.28. The highest BCUT2D eigenvalue weighted by Crippen LogP contribution is 2.24. The summed E-state index contributed by atoms with van der Waals surface area (Å²) in [5.74, 6) is 0.840. The molecule has 0 bridgehead atoms. The van der Waals surface area contributed by atoms with Gasteiger partial charge in [0.05, 0.1) is 13.2 Å². The van der Waals surface area contributed by atoms with Crippen molar-refractivity contribution in [3.8, 4) is 5.75 Å². The number of benzene rings is 1. The van der Waals surface area contributed by atoms with E-state index >= 15 is 0 Å². The molecule has 0 heterocycles. The van der Waals surface area contributed by atoms with E-state index in [1.165, 1.54) is 0 Å². The van der Waals surface area contributed by atoms with E-state index in [1.807, 2.05) is 31.2 Å². The van der Waals surface area contributed by atoms with Crippen LogP contribution in [0, 0.1) is 0 Å². The molecule has 0 radical (unpaired) electrons. The molecule has 0 saturated heterocycles. The standard InChI is InChI=1S/C14H23NO2/c1-4-5-9-17-14(11(2)15)12-7-6-8-13(10-12)16-3/h6-8,10-11,14H,4-5,9,15H2,1-3H3. The van der Waals surface area contributed by atoms with Crippen molar-refractivity contribution in [2.24, 2.45) is 5.73 Å². The summed E-state index contributed by atoms with van der Waals surface area (Å²) < 4.78 is 11.1. The summed E-state index contributed by atoms with van der Waals surface area (Å²) >= 11 is 0. The second-order valence-corrected chi connectivity index (χ2v) is 4.28. The van der Waals surface area contributed by atoms with Gasteiger partial charge in [-0.05, 0) is 31.0 Å². The van der Waals surface area contributed by atoms with E-state index in [0.29, 0.717) is 0 Å². The average Bonchev–Trinajstić information content (AvgIpc) is 2.34. The Hall–Kier alpha value is -1.06. The second kappa shape index (κ2) is 7.30. The topological polar surface area (TPSA) is 44.5 Å². The smallest absolute Gasteiger partial charge is 0.119 e. The Morgan fingerprint density at radius 3 is 2.71 bits per heavy atom. The van der Waals surface area contributed by atoms with Crippen molar-refractivity contribution in [1.82, 2.24) is 0 Å². The van der Waals surface area contributed by atoms with Crippen molar-refractivity contribution in [3.05, 3.63) is 29.8 Å². The van der Waals surface area contributed by atoms with Crippen LogP contribution >= 0.6 is 0 Å². The van der Waals surface area contributed by atoms with E-state index in [0.717, 1.165) is 30.8 Å². The van der Waals surface area contributed by atoms with Gasteiger partial charge >= 0.3 is 0 Å². The number of unbranched alkanes of at least 4 members (excludes halogenated alkanes) is 1. The Kier molecular flexibility index (Phi) is 6.01. The fraction of sp³-hybridized carbons (Fsp3) is 0.571. The molecule has 0 aromatic heterocycles. The summed E-state index contributed by atoms with van der Waals surface area (Å²) in [5.41, 5.74) is 7.06. The Bertz CT molecular complexity index is 326. The molecule has 96 valence electrons. The lowest BCUT2D eigenvalue weighted by Crippen LogP contribution is -2.27. The zero-order chi connectivity index (χ0) is 12.7. The van der Waals surface area contributed by atoms with Gasteiger partial charge in [-0.3, -0.25) is 0 Å². The lowest BCUT2D eigenvalue weighted by atomic mass is 10.0. The monoisotopic (exact) mass is 237 g/mol. The fourth-order valence-corrected chi connectivity index (χ4v) is 1.72. The maximum absolute atomic E-state index is 5.98. The molecular formula is C14H23NO2. The maximum Gasteiger partial charge on any atom is 0.119 e. The van der Waals surface area contributed by atoms with Crippen LogP contribution in [0.15, 0.2) is 24.3 Å². The van der Waals surface area contributed by atoms with Crippen LogP contribution in [0.2, 0.25) is 0 Å². The van der Waals surface area contributed by atoms with Crippen molar-refractivity contribution in [1.29, 1.82) is 0 Å². The lowest BCUT2D eigenvalue weighted by Gasteiger charge is -2.22. The van der Waals surface area contributed by atoms with Crippen molar-refractivity contribution in [2.75, 3.05) is 13.7 Å². The summed E-state index contributed by atoms with van der Waals surface area (Å²) in [5, 5.41) is 0. The Labute approximate surface area is 104 Å². The minimum Gasteiger partial charge on any atom is -0.497 e. The van der Waals surface area contributed by atoms with Gasteiger partial charge in [-0.25, -0.2) is 0 Å². The number of hydrogen-bond acceptors (Lipinski definition) is 3. The summed E-state index contributed by atoms with van der Waals surface area (Å²) in [6, 6.07) is 7.88. The lowest BCUT2D eigenvalue weighted by molar-refractivity contribution is 0.0364. The molecule has 3 heteroatoms. The van der Waals surface area contributed by atoms with Crippen molar-refractivity contribution >= 4 is 0 Å². The van der Waals surface area contributed by atoms with Gasteiger partial charge in [-0.15, -0.1) is 0 Å². The largest absolute Gasteiger partial charge is 0.497 e. The van der Waals surface area contributed by atoms with Crippen molar-refractivity contribution < 1.29 is 9.47 Å². The zero-order valence-electron chi connectivity index (χ0n) is 11.0. The van der Waals surface area contributed by atoms with Gasteiger partial charge in [-0.2, -0.15) is 0 Å². The van der Waals surface area contributed by atoms with E-state index < -0.39 is 0 Å². The summed E-state index contributed by atoms with van der Waals surface area (Å²) in [4.78, 5) is 0. The molecule has 3 nitrogen and oxygen atoms in total. The molecule has 0 spiro atoms. The van der Waals surface area contributed by atoms with E-state index in [9.17, 15) is 0 Å². The molecule has 0 saturated carbocycles. The number of ether oxygens (including phenoxy) is 2. The molecule has 0 amide bonds. The maximum atomic E-state index is 5.98. The summed E-state index contributed by atoms with van der Waals surface area (Å²) in [6.07, 6.45) is 2.13. The number of hydrogen-bond donors (Lipinski definition) is 1. The van der Waals surface area contributed by atoms with Crippen LogP contribution in [0.4, 0.5) is 0 Å². The molecule has 1 aromatic rings. The highest BCUT2D eigenvalue weighted by Gasteiger charge is 2.17. The number of methoxy groups -OCH3 is 1. The molecule has 2 unspecified atom stereocenters. The Balaban J connectivity index is 2.74. The van der Waals surface area contributed by atoms with Gasteiger partial charge < -0.3 is 15.2 Å². The van der Waals surface area contributed by atoms with Crippen LogP contribution in [-0.2, 0) is 4.74 Å². The molecule has 1 aromatic carbocycles. The first-order valence-electron chi connectivity index (χ1n) is 6.20. The first-order chi connectivity index (χ1) is 8.19. The predicted octanol–water partition coefficient (Wildman–Crippen LogP) is 2.90. The third-order valence-corrected chi connectivity index (χ3v) is 2.70. The minimum absolute atomic E-state index is 0.0287. The molecule has 1 rings (SSSR count). The fourth-order valence-electron chi connectivity index (χ4n) is 1.72. The molecule has 0 aliphatic carbocycles. The molecule has 2 N–H and O–H groups in total. The van der Waals surface area contributed by atoms with Crippen molar-refractivity contribution in [2.45, 2.75) is 38.8 Å². The van der Waals surface area contributed by atoms with Gasteiger partial charge in [-0.1, -0.05) is 25.5 Å². The van der Waals surface area contributed by atoms with Crippen LogP contribution in [0.1, 0.15) is 38.4 Å². The van der Waals surface area contributed by atoms with Crippen LogP contribution in [0.25, 0.3) is 0 Å². The van der Waals surface area contributed by atoms with Gasteiger partial charge in [0.15, 0.2) is 0 Å². The van der Waals surface area contributed by atoms with Crippen LogP contribution in [0.3, 0.4) is 0 Å². The van der Waals surface area contributed by atoms with Gasteiger partial charge in [0, 0.05) is 12.6 Å². The van der Waals surface area contributed by atoms with E-state index in [4.69, 9.17) is 15.2 Å². The van der Waals surface area contributed by atoms with Gasteiger partial charge in [0.25, 0.3) is 0 Å². The Morgan fingerprint density at radius 1 is 1.35 bits per heavy atom. The third-order valence-electron chi connectivity index (χ3n) is 2.70. The van der Waals surface area contributed by atoms with E-state index in [-0.39, 0.29) is 12.1 Å². The zero-order valence-corrected chi connectivity index (χ0v) is 11.0. The van der Waals surface area contributed by atoms with Gasteiger partial charge in [0.2, 0.25) is 0 Å². The SMILES string of the molecule is CCCCOC(c1cccc(OC)c1)C(C)N. The molecule has 2 atom stereocenters. The first-order valence-corrected chi connectivity index (χ1v) is 6.20. The van der Waals surface area contributed by atoms with E-state index in [1.54, 1.807) is 7.11 Å². The summed E-state index contributed by atoms with van der Waals surface area (Å²) in [6.45, 7) is 4.87. The molecule has 0 fully saturated rings. The van der Waals surface area contributed by atoms with Crippen LogP contribution in [-0.4, -0.2) is 19.8 Å². The minimum atomic E-state index is -0.0587. The first kappa shape index (κ1) is 14.0. The number of rotatable bonds is 7. The quantitative estimate of drug-likeness (QED) is 0.742. The van der Waals surface area contributed by atoms with Crippen LogP contribution < -0.4 is 10.5 Å². The normalized spacial score (nSPS) is 14.4. The summed E-state index contributed by atoms with van der Waals surface area (Å²) in [7, 11) is 1.66. The predicted molar refractivity (Wildman–Crippen MR) is 70.2 cm³/mol. The molecule has 0 aliphatic heterocycles. The highest BCUT2D eigenvalue weighted by molar-refractivity contribution is 5.30.